The van der Waals surface area contributed by atoms with Gasteiger partial charge in [0.1, 0.15) is 21.8 Å². The van der Waals surface area contributed by atoms with Gasteiger partial charge in [0.2, 0.25) is 0 Å². The summed E-state index contributed by atoms with van der Waals surface area (Å²) in [6.45, 7) is 5.36. The maximum Gasteiger partial charge on any atom is 0.348 e. The third kappa shape index (κ3) is 4.75. The summed E-state index contributed by atoms with van der Waals surface area (Å²) in [6, 6.07) is 4.73. The highest BCUT2D eigenvalue weighted by Crippen LogP contribution is 2.33. The van der Waals surface area contributed by atoms with Gasteiger partial charge in [-0.25, -0.2) is 14.8 Å². The van der Waals surface area contributed by atoms with Crippen LogP contribution < -0.4 is 15.6 Å². The molecule has 3 rings (SSSR count). The first-order chi connectivity index (χ1) is 14.3. The molecule has 1 unspecified atom stereocenters. The first kappa shape index (κ1) is 22.1. The van der Waals surface area contributed by atoms with Crippen LogP contribution in [-0.2, 0) is 9.53 Å². The Balaban J connectivity index is 1.73. The number of aromatic nitrogens is 2. The van der Waals surface area contributed by atoms with Crippen molar-refractivity contribution in [3.05, 3.63) is 45.0 Å². The molecule has 0 radical (unpaired) electrons. The van der Waals surface area contributed by atoms with Crippen molar-refractivity contribution >= 4 is 62.4 Å². The Kier molecular flexibility index (Phi) is 6.96. The number of anilines is 1. The molecule has 0 aliphatic rings. The van der Waals surface area contributed by atoms with Gasteiger partial charge in [0.05, 0.1) is 17.0 Å². The minimum atomic E-state index is -0.854. The third-order valence-corrected chi connectivity index (χ3v) is 5.77. The van der Waals surface area contributed by atoms with Crippen molar-refractivity contribution in [2.75, 3.05) is 12.0 Å². The number of hydrazine groups is 1. The summed E-state index contributed by atoms with van der Waals surface area (Å²) in [5.74, 6) is -0.184. The molecular weight excluding hydrogens is 451 g/mol. The lowest BCUT2D eigenvalue weighted by atomic mass is 10.2. The average Bonchev–Trinajstić information content (AvgIpc) is 3.05. The number of halogens is 2. The van der Waals surface area contributed by atoms with Crippen LogP contribution in [-0.4, -0.2) is 34.6 Å². The second-order valence-corrected chi connectivity index (χ2v) is 7.97. The standard InChI is InChI=1S/C19H18Cl2N4O4S/c1-4-28-19(27)15-9(2)14-16(22-8-23-18(14)30-15)24-25-17(26)10(3)29-13-6-5-11(20)7-12(13)21/h5-8,10H,4H2,1-3H3,(H,25,26)(H,22,23,24). The molecule has 1 atom stereocenters. The number of amides is 1. The number of benzene rings is 1. The molecule has 158 valence electrons. The number of hydrogen-bond acceptors (Lipinski definition) is 8. The molecule has 0 spiro atoms. The van der Waals surface area contributed by atoms with Crippen molar-refractivity contribution in [3.63, 3.8) is 0 Å². The van der Waals surface area contributed by atoms with Gasteiger partial charge in [0.25, 0.3) is 5.91 Å². The molecule has 30 heavy (non-hydrogen) atoms. The van der Waals surface area contributed by atoms with Crippen LogP contribution in [0.15, 0.2) is 24.5 Å². The molecule has 0 aliphatic heterocycles. The highest BCUT2D eigenvalue weighted by atomic mass is 35.5. The summed E-state index contributed by atoms with van der Waals surface area (Å²) in [5, 5.41) is 1.39. The van der Waals surface area contributed by atoms with Crippen molar-refractivity contribution in [3.8, 4) is 5.75 Å². The monoisotopic (exact) mass is 468 g/mol. The van der Waals surface area contributed by atoms with Gasteiger partial charge in [0, 0.05) is 5.02 Å². The Labute approximate surface area is 186 Å². The molecule has 2 aromatic heterocycles. The molecule has 0 saturated carbocycles. The van der Waals surface area contributed by atoms with Crippen LogP contribution in [0.3, 0.4) is 0 Å². The number of aryl methyl sites for hydroxylation is 1. The summed E-state index contributed by atoms with van der Waals surface area (Å²) in [6.07, 6.45) is 0.488. The fourth-order valence-electron chi connectivity index (χ4n) is 2.59. The van der Waals surface area contributed by atoms with Crippen molar-refractivity contribution in [2.24, 2.45) is 0 Å². The number of ether oxygens (including phenoxy) is 2. The highest BCUT2D eigenvalue weighted by Gasteiger charge is 2.21. The van der Waals surface area contributed by atoms with Crippen LogP contribution in [0.25, 0.3) is 10.2 Å². The molecule has 11 heteroatoms. The number of nitrogens with zero attached hydrogens (tertiary/aromatic N) is 2. The van der Waals surface area contributed by atoms with Crippen molar-refractivity contribution in [2.45, 2.75) is 26.9 Å². The maximum atomic E-state index is 12.4. The van der Waals surface area contributed by atoms with E-state index < -0.39 is 18.0 Å². The molecule has 0 aliphatic carbocycles. The van der Waals surface area contributed by atoms with Gasteiger partial charge < -0.3 is 9.47 Å². The van der Waals surface area contributed by atoms with Gasteiger partial charge in [-0.3, -0.25) is 15.6 Å². The van der Waals surface area contributed by atoms with Crippen LogP contribution in [0.2, 0.25) is 10.0 Å². The zero-order valence-corrected chi connectivity index (χ0v) is 18.6. The van der Waals surface area contributed by atoms with E-state index in [9.17, 15) is 9.59 Å². The molecule has 1 amide bonds. The Morgan fingerprint density at radius 1 is 1.27 bits per heavy atom. The number of nitrogens with one attached hydrogen (secondary N) is 2. The second kappa shape index (κ2) is 9.46. The van der Waals surface area contributed by atoms with Gasteiger partial charge in [-0.2, -0.15) is 0 Å². The summed E-state index contributed by atoms with van der Waals surface area (Å²) >= 11 is 13.1. The Hall–Kier alpha value is -2.62. The molecular formula is C19H18Cl2N4O4S. The predicted molar refractivity (Wildman–Crippen MR) is 116 cm³/mol. The summed E-state index contributed by atoms with van der Waals surface area (Å²) < 4.78 is 10.7. The molecule has 0 fully saturated rings. The average molecular weight is 469 g/mol. The number of esters is 1. The fraction of sp³-hybridized carbons (Fsp3) is 0.263. The molecule has 1 aromatic carbocycles. The predicted octanol–water partition coefficient (Wildman–Crippen LogP) is 4.39. The number of carbonyl (C=O) groups excluding carboxylic acids is 2. The number of rotatable bonds is 7. The van der Waals surface area contributed by atoms with Crippen molar-refractivity contribution < 1.29 is 19.1 Å². The molecule has 0 saturated heterocycles. The third-order valence-electron chi connectivity index (χ3n) is 4.06. The van der Waals surface area contributed by atoms with E-state index in [4.69, 9.17) is 32.7 Å². The maximum absolute atomic E-state index is 12.4. The molecule has 0 bridgehead atoms. The van der Waals surface area contributed by atoms with E-state index in [1.807, 2.05) is 0 Å². The summed E-state index contributed by atoms with van der Waals surface area (Å²) in [4.78, 5) is 34.0. The van der Waals surface area contributed by atoms with Gasteiger partial charge in [-0.1, -0.05) is 23.2 Å². The number of hydrogen-bond donors (Lipinski definition) is 2. The van der Waals surface area contributed by atoms with E-state index in [-0.39, 0.29) is 6.61 Å². The highest BCUT2D eigenvalue weighted by molar-refractivity contribution is 7.20. The van der Waals surface area contributed by atoms with E-state index in [0.29, 0.717) is 42.3 Å². The van der Waals surface area contributed by atoms with Gasteiger partial charge in [-0.15, -0.1) is 11.3 Å². The molecule has 2 heterocycles. The quantitative estimate of drug-likeness (QED) is 0.391. The second-order valence-electron chi connectivity index (χ2n) is 6.13. The smallest absolute Gasteiger partial charge is 0.348 e. The van der Waals surface area contributed by atoms with Crippen LogP contribution in [0.5, 0.6) is 5.75 Å². The van der Waals surface area contributed by atoms with Crippen LogP contribution in [0.1, 0.15) is 29.1 Å². The van der Waals surface area contributed by atoms with E-state index in [2.05, 4.69) is 20.8 Å². The number of fused-ring (bicyclic) bond motifs is 1. The van der Waals surface area contributed by atoms with E-state index in [1.54, 1.807) is 32.9 Å². The molecule has 3 aromatic rings. The van der Waals surface area contributed by atoms with Crippen molar-refractivity contribution in [1.29, 1.82) is 0 Å². The van der Waals surface area contributed by atoms with Crippen molar-refractivity contribution in [1.82, 2.24) is 15.4 Å². The van der Waals surface area contributed by atoms with Gasteiger partial charge in [0.15, 0.2) is 11.9 Å². The van der Waals surface area contributed by atoms with Crippen LogP contribution in [0, 0.1) is 6.92 Å². The Bertz CT molecular complexity index is 1110. The summed E-state index contributed by atoms with van der Waals surface area (Å²) in [5.41, 5.74) is 5.99. The zero-order chi connectivity index (χ0) is 21.8. The topological polar surface area (TPSA) is 102 Å². The minimum absolute atomic E-state index is 0.273. The Morgan fingerprint density at radius 2 is 2.03 bits per heavy atom. The largest absolute Gasteiger partial charge is 0.479 e. The number of thiophene rings is 1. The molecule has 8 nitrogen and oxygen atoms in total. The SMILES string of the molecule is CCOC(=O)c1sc2ncnc(NNC(=O)C(C)Oc3ccc(Cl)cc3Cl)c2c1C. The minimum Gasteiger partial charge on any atom is -0.479 e. The van der Waals surface area contributed by atoms with Crippen LogP contribution >= 0.6 is 34.5 Å². The van der Waals surface area contributed by atoms with Gasteiger partial charge >= 0.3 is 5.97 Å². The zero-order valence-electron chi connectivity index (χ0n) is 16.3. The lowest BCUT2D eigenvalue weighted by Gasteiger charge is -2.16. The van der Waals surface area contributed by atoms with E-state index in [0.717, 1.165) is 0 Å². The normalized spacial score (nSPS) is 11.8. The number of carbonyl (C=O) groups is 2. The lowest BCUT2D eigenvalue weighted by Crippen LogP contribution is -2.39. The summed E-state index contributed by atoms with van der Waals surface area (Å²) in [7, 11) is 0. The van der Waals surface area contributed by atoms with E-state index >= 15 is 0 Å². The fourth-order valence-corrected chi connectivity index (χ4v) is 4.09. The van der Waals surface area contributed by atoms with E-state index in [1.165, 1.54) is 23.7 Å². The Morgan fingerprint density at radius 3 is 2.73 bits per heavy atom. The van der Waals surface area contributed by atoms with Crippen LogP contribution in [0.4, 0.5) is 5.82 Å². The lowest BCUT2D eigenvalue weighted by molar-refractivity contribution is -0.126. The first-order valence-corrected chi connectivity index (χ1v) is 10.5. The van der Waals surface area contributed by atoms with Gasteiger partial charge in [-0.05, 0) is 44.5 Å². The molecule has 2 N–H and O–H groups in total. The first-order valence-electron chi connectivity index (χ1n) is 8.90.